The molecule has 0 spiro atoms. The summed E-state index contributed by atoms with van der Waals surface area (Å²) in [5.74, 6) is -0.204. The van der Waals surface area contributed by atoms with E-state index in [1.807, 2.05) is 13.1 Å². The zero-order valence-corrected chi connectivity index (χ0v) is 13.5. The SMILES string of the molecule is CN(C)CCCN(C)C(CN)c1ccc(Br)cc1F. The molecule has 0 amide bonds. The van der Waals surface area contributed by atoms with Crippen LogP contribution in [0.5, 0.6) is 0 Å². The highest BCUT2D eigenvalue weighted by Gasteiger charge is 2.18. The van der Waals surface area contributed by atoms with Crippen LogP contribution in [-0.4, -0.2) is 50.6 Å². The zero-order chi connectivity index (χ0) is 14.4. The monoisotopic (exact) mass is 331 g/mol. The van der Waals surface area contributed by atoms with Crippen LogP contribution >= 0.6 is 15.9 Å². The molecule has 0 bridgehead atoms. The summed E-state index contributed by atoms with van der Waals surface area (Å²) in [5.41, 5.74) is 6.48. The van der Waals surface area contributed by atoms with E-state index in [-0.39, 0.29) is 11.9 Å². The first-order chi connectivity index (χ1) is 8.95. The van der Waals surface area contributed by atoms with Crippen molar-refractivity contribution in [2.75, 3.05) is 40.8 Å². The lowest BCUT2D eigenvalue weighted by Gasteiger charge is -2.28. The van der Waals surface area contributed by atoms with E-state index in [0.29, 0.717) is 12.1 Å². The second-order valence-electron chi connectivity index (χ2n) is 5.05. The third kappa shape index (κ3) is 5.18. The van der Waals surface area contributed by atoms with Crippen molar-refractivity contribution in [1.29, 1.82) is 0 Å². The molecule has 0 aliphatic carbocycles. The van der Waals surface area contributed by atoms with Crippen molar-refractivity contribution in [3.63, 3.8) is 0 Å². The number of rotatable bonds is 7. The Balaban J connectivity index is 2.70. The molecular weight excluding hydrogens is 309 g/mol. The number of hydrogen-bond donors (Lipinski definition) is 1. The molecule has 1 unspecified atom stereocenters. The number of likely N-dealkylation sites (N-methyl/N-ethyl adjacent to an activating group) is 1. The minimum absolute atomic E-state index is 0.0738. The van der Waals surface area contributed by atoms with Crippen molar-refractivity contribution in [3.05, 3.63) is 34.1 Å². The molecule has 108 valence electrons. The number of halogens is 2. The Kier molecular flexibility index (Phi) is 6.93. The number of hydrogen-bond acceptors (Lipinski definition) is 3. The van der Waals surface area contributed by atoms with Gasteiger partial charge >= 0.3 is 0 Å². The molecule has 0 aliphatic heterocycles. The van der Waals surface area contributed by atoms with Gasteiger partial charge in [-0.15, -0.1) is 0 Å². The molecule has 0 aliphatic rings. The highest BCUT2D eigenvalue weighted by molar-refractivity contribution is 9.10. The number of nitrogens with zero attached hydrogens (tertiary/aromatic N) is 2. The highest BCUT2D eigenvalue weighted by Crippen LogP contribution is 2.24. The molecule has 2 N–H and O–H groups in total. The van der Waals surface area contributed by atoms with Gasteiger partial charge in [-0.2, -0.15) is 0 Å². The van der Waals surface area contributed by atoms with Crippen LogP contribution in [0.25, 0.3) is 0 Å². The highest BCUT2D eigenvalue weighted by atomic mass is 79.9. The van der Waals surface area contributed by atoms with Crippen LogP contribution in [-0.2, 0) is 0 Å². The van der Waals surface area contributed by atoms with Crippen LogP contribution in [0.15, 0.2) is 22.7 Å². The second-order valence-corrected chi connectivity index (χ2v) is 5.97. The first kappa shape index (κ1) is 16.6. The molecule has 1 aromatic carbocycles. The number of nitrogens with two attached hydrogens (primary N) is 1. The third-order valence-electron chi connectivity index (χ3n) is 3.19. The van der Waals surface area contributed by atoms with Crippen LogP contribution in [0.1, 0.15) is 18.0 Å². The summed E-state index contributed by atoms with van der Waals surface area (Å²) >= 11 is 3.27. The number of benzene rings is 1. The molecule has 1 atom stereocenters. The van der Waals surface area contributed by atoms with E-state index in [1.165, 1.54) is 6.07 Å². The molecule has 1 rings (SSSR count). The summed E-state index contributed by atoms with van der Waals surface area (Å²) in [6.07, 6.45) is 1.04. The summed E-state index contributed by atoms with van der Waals surface area (Å²) in [5, 5.41) is 0. The van der Waals surface area contributed by atoms with Gasteiger partial charge in [0.05, 0.1) is 0 Å². The smallest absolute Gasteiger partial charge is 0.129 e. The van der Waals surface area contributed by atoms with Crippen molar-refractivity contribution in [1.82, 2.24) is 9.80 Å². The van der Waals surface area contributed by atoms with E-state index in [4.69, 9.17) is 5.73 Å². The normalized spacial score (nSPS) is 13.3. The van der Waals surface area contributed by atoms with Crippen molar-refractivity contribution < 1.29 is 4.39 Å². The van der Waals surface area contributed by atoms with E-state index in [1.54, 1.807) is 6.07 Å². The second kappa shape index (κ2) is 7.94. The summed E-state index contributed by atoms with van der Waals surface area (Å²) < 4.78 is 14.7. The molecule has 0 saturated carbocycles. The molecule has 0 aromatic heterocycles. The summed E-state index contributed by atoms with van der Waals surface area (Å²) in [6.45, 7) is 2.33. The fourth-order valence-corrected chi connectivity index (χ4v) is 2.44. The minimum atomic E-state index is -0.204. The van der Waals surface area contributed by atoms with Gasteiger partial charge in [-0.1, -0.05) is 22.0 Å². The molecule has 0 saturated heterocycles. The third-order valence-corrected chi connectivity index (χ3v) is 3.69. The van der Waals surface area contributed by atoms with Gasteiger partial charge in [0, 0.05) is 22.6 Å². The fourth-order valence-electron chi connectivity index (χ4n) is 2.11. The van der Waals surface area contributed by atoms with Crippen molar-refractivity contribution >= 4 is 15.9 Å². The van der Waals surface area contributed by atoms with Crippen LogP contribution in [0.4, 0.5) is 4.39 Å². The lowest BCUT2D eigenvalue weighted by atomic mass is 10.0. The maximum atomic E-state index is 14.0. The Labute approximate surface area is 123 Å². The van der Waals surface area contributed by atoms with Gasteiger partial charge < -0.3 is 10.6 Å². The lowest BCUT2D eigenvalue weighted by molar-refractivity contribution is 0.231. The minimum Gasteiger partial charge on any atom is -0.329 e. The lowest BCUT2D eigenvalue weighted by Crippen LogP contribution is -2.33. The van der Waals surface area contributed by atoms with Crippen molar-refractivity contribution in [2.24, 2.45) is 5.73 Å². The van der Waals surface area contributed by atoms with Gasteiger partial charge in [0.1, 0.15) is 5.82 Å². The standard InChI is InChI=1S/C14H23BrFN3/c1-18(2)7-4-8-19(3)14(10-17)12-6-5-11(15)9-13(12)16/h5-6,9,14H,4,7-8,10,17H2,1-3H3. The first-order valence-electron chi connectivity index (χ1n) is 6.45. The molecule has 1 aromatic rings. The molecule has 0 heterocycles. The molecule has 19 heavy (non-hydrogen) atoms. The Morgan fingerprint density at radius 3 is 2.47 bits per heavy atom. The Hall–Kier alpha value is -0.490. The van der Waals surface area contributed by atoms with Crippen molar-refractivity contribution in [3.8, 4) is 0 Å². The van der Waals surface area contributed by atoms with Gasteiger partial charge in [-0.05, 0) is 52.8 Å². The van der Waals surface area contributed by atoms with Crippen LogP contribution in [0.3, 0.4) is 0 Å². The first-order valence-corrected chi connectivity index (χ1v) is 7.25. The Morgan fingerprint density at radius 1 is 1.26 bits per heavy atom. The van der Waals surface area contributed by atoms with Gasteiger partial charge in [0.15, 0.2) is 0 Å². The predicted octanol–water partition coefficient (Wildman–Crippen LogP) is 2.47. The maximum Gasteiger partial charge on any atom is 0.129 e. The fraction of sp³-hybridized carbons (Fsp3) is 0.571. The largest absolute Gasteiger partial charge is 0.329 e. The quantitative estimate of drug-likeness (QED) is 0.833. The van der Waals surface area contributed by atoms with Gasteiger partial charge in [0.25, 0.3) is 0 Å². The Morgan fingerprint density at radius 2 is 1.95 bits per heavy atom. The molecule has 0 radical (unpaired) electrons. The van der Waals surface area contributed by atoms with E-state index < -0.39 is 0 Å². The average molecular weight is 332 g/mol. The van der Waals surface area contributed by atoms with Gasteiger partial charge in [0.2, 0.25) is 0 Å². The summed E-state index contributed by atoms with van der Waals surface area (Å²) in [6, 6.07) is 5.08. The van der Waals surface area contributed by atoms with E-state index in [9.17, 15) is 4.39 Å². The average Bonchev–Trinajstić information content (AvgIpc) is 2.32. The van der Waals surface area contributed by atoms with E-state index >= 15 is 0 Å². The predicted molar refractivity (Wildman–Crippen MR) is 81.7 cm³/mol. The van der Waals surface area contributed by atoms with Crippen LogP contribution < -0.4 is 5.73 Å². The van der Waals surface area contributed by atoms with Gasteiger partial charge in [-0.3, -0.25) is 4.90 Å². The van der Waals surface area contributed by atoms with Crippen LogP contribution in [0.2, 0.25) is 0 Å². The zero-order valence-electron chi connectivity index (χ0n) is 11.9. The molecule has 3 nitrogen and oxygen atoms in total. The summed E-state index contributed by atoms with van der Waals surface area (Å²) in [4.78, 5) is 4.27. The maximum absolute atomic E-state index is 14.0. The van der Waals surface area contributed by atoms with E-state index in [2.05, 4.69) is 39.8 Å². The molecule has 5 heteroatoms. The van der Waals surface area contributed by atoms with E-state index in [0.717, 1.165) is 24.0 Å². The molecular formula is C14H23BrFN3. The van der Waals surface area contributed by atoms with Crippen molar-refractivity contribution in [2.45, 2.75) is 12.5 Å². The topological polar surface area (TPSA) is 32.5 Å². The van der Waals surface area contributed by atoms with Crippen LogP contribution in [0, 0.1) is 5.82 Å². The summed E-state index contributed by atoms with van der Waals surface area (Å²) in [7, 11) is 6.10. The Bertz CT molecular complexity index is 398. The van der Waals surface area contributed by atoms with Gasteiger partial charge in [-0.25, -0.2) is 4.39 Å². The molecule has 0 fully saturated rings.